The zero-order chi connectivity index (χ0) is 22.2. The average Bonchev–Trinajstić information content (AvgIpc) is 3.35. The van der Waals surface area contributed by atoms with Crippen LogP contribution in [0.25, 0.3) is 33.5 Å². The lowest BCUT2D eigenvalue weighted by molar-refractivity contribution is -0.00390. The van der Waals surface area contributed by atoms with Gasteiger partial charge in [0.1, 0.15) is 12.2 Å². The molecule has 2 aromatic carbocycles. The smallest absolute Gasteiger partial charge is 0.296 e. The Morgan fingerprint density at radius 2 is 1.81 bits per heavy atom. The highest BCUT2D eigenvalue weighted by Crippen LogP contribution is 2.32. The first-order valence-electron chi connectivity index (χ1n) is 10.0. The molecule has 7 nitrogen and oxygen atoms in total. The Labute approximate surface area is 193 Å². The second-order valence-corrected chi connectivity index (χ2v) is 8.36. The molecule has 1 aliphatic heterocycles. The summed E-state index contributed by atoms with van der Waals surface area (Å²) in [7, 11) is 0. The van der Waals surface area contributed by atoms with Crippen LogP contribution in [0.15, 0.2) is 54.6 Å². The number of aliphatic hydroxyl groups is 2. The van der Waals surface area contributed by atoms with E-state index < -0.39 is 18.3 Å². The van der Waals surface area contributed by atoms with Gasteiger partial charge in [-0.25, -0.2) is 4.98 Å². The lowest BCUT2D eigenvalue weighted by atomic mass is 10.0. The first-order chi connectivity index (χ1) is 15.5. The lowest BCUT2D eigenvalue weighted by Gasteiger charge is -2.15. The van der Waals surface area contributed by atoms with Crippen molar-refractivity contribution >= 4 is 34.4 Å². The number of aromatic nitrogens is 3. The molecule has 1 saturated heterocycles. The summed E-state index contributed by atoms with van der Waals surface area (Å²) in [4.78, 5) is 12.0. The Kier molecular flexibility index (Phi) is 5.75. The summed E-state index contributed by atoms with van der Waals surface area (Å²) in [5, 5.41) is 20.5. The minimum atomic E-state index is -0.946. The van der Waals surface area contributed by atoms with Crippen LogP contribution in [0.1, 0.15) is 0 Å². The topological polar surface area (TPSA) is 100 Å². The molecule has 3 N–H and O–H groups in total. The third kappa shape index (κ3) is 4.05. The molecule has 0 amide bonds. The van der Waals surface area contributed by atoms with E-state index in [1.54, 1.807) is 6.07 Å². The molecule has 32 heavy (non-hydrogen) atoms. The van der Waals surface area contributed by atoms with Crippen LogP contribution in [0, 0.1) is 0 Å². The third-order valence-electron chi connectivity index (χ3n) is 5.40. The zero-order valence-electron chi connectivity index (χ0n) is 16.7. The van der Waals surface area contributed by atoms with Crippen LogP contribution in [-0.2, 0) is 4.74 Å². The Balaban J connectivity index is 1.41. The number of fused-ring (bicyclic) bond motifs is 1. The summed E-state index contributed by atoms with van der Waals surface area (Å²) in [5.74, 6) is 0. The van der Waals surface area contributed by atoms with Crippen molar-refractivity contribution in [1.29, 1.82) is 0 Å². The van der Waals surface area contributed by atoms with E-state index in [0.29, 0.717) is 26.9 Å². The van der Waals surface area contributed by atoms with Crippen molar-refractivity contribution in [3.8, 4) is 28.4 Å². The molecule has 1 fully saturated rings. The minimum absolute atomic E-state index is 0.155. The normalized spacial score (nSPS) is 20.7. The number of nitrogens with zero attached hydrogens (tertiary/aromatic N) is 2. The molecule has 4 aromatic rings. The molecule has 0 saturated carbocycles. The van der Waals surface area contributed by atoms with Gasteiger partial charge in [0.25, 0.3) is 6.01 Å². The largest absolute Gasteiger partial charge is 0.456 e. The van der Waals surface area contributed by atoms with Crippen LogP contribution in [0.5, 0.6) is 6.01 Å². The Bertz CT molecular complexity index is 1260. The number of H-pyrrole nitrogens is 1. The molecule has 0 bridgehead atoms. The Morgan fingerprint density at radius 1 is 1.03 bits per heavy atom. The molecule has 5 rings (SSSR count). The average molecular weight is 472 g/mol. The lowest BCUT2D eigenvalue weighted by Crippen LogP contribution is -2.36. The van der Waals surface area contributed by atoms with Crippen molar-refractivity contribution in [3.63, 3.8) is 0 Å². The predicted octanol–water partition coefficient (Wildman–Crippen LogP) is 4.10. The number of hydrogen-bond donors (Lipinski definition) is 3. The number of benzene rings is 2. The number of imidazole rings is 1. The van der Waals surface area contributed by atoms with Crippen molar-refractivity contribution in [2.45, 2.75) is 18.3 Å². The molecule has 3 atom stereocenters. The van der Waals surface area contributed by atoms with Gasteiger partial charge in [0.15, 0.2) is 11.8 Å². The monoisotopic (exact) mass is 471 g/mol. The van der Waals surface area contributed by atoms with Crippen molar-refractivity contribution in [3.05, 3.63) is 64.6 Å². The summed E-state index contributed by atoms with van der Waals surface area (Å²) < 4.78 is 11.0. The summed E-state index contributed by atoms with van der Waals surface area (Å²) in [6, 6.07) is 17.5. The SMILES string of the molecule is OCC1OCC(Oc2nc3nc(-c4ccc(-c5cccc(Cl)c5)cc4)c(Cl)cc3[nH]2)C1O. The van der Waals surface area contributed by atoms with Crippen molar-refractivity contribution in [2.24, 2.45) is 0 Å². The molecule has 0 spiro atoms. The van der Waals surface area contributed by atoms with Gasteiger partial charge in [-0.3, -0.25) is 0 Å². The fraction of sp³-hybridized carbons (Fsp3) is 0.217. The second-order valence-electron chi connectivity index (χ2n) is 7.52. The van der Waals surface area contributed by atoms with Crippen LogP contribution in [-0.4, -0.2) is 56.7 Å². The minimum Gasteiger partial charge on any atom is -0.456 e. The summed E-state index contributed by atoms with van der Waals surface area (Å²) in [6.07, 6.45) is -2.25. The summed E-state index contributed by atoms with van der Waals surface area (Å²) >= 11 is 12.6. The molecule has 3 heterocycles. The quantitative estimate of drug-likeness (QED) is 0.405. The maximum absolute atomic E-state index is 10.1. The molecule has 0 aliphatic carbocycles. The van der Waals surface area contributed by atoms with E-state index >= 15 is 0 Å². The highest BCUT2D eigenvalue weighted by atomic mass is 35.5. The molecule has 9 heteroatoms. The molecule has 164 valence electrons. The van der Waals surface area contributed by atoms with E-state index in [4.69, 9.17) is 32.7 Å². The standard InChI is InChI=1S/C23H19Cl2N3O4/c24-15-3-1-2-14(8-15)12-4-6-13(7-5-12)20-16(25)9-17-22(27-20)28-23(26-17)32-19-11-31-18(10-29)21(19)30/h1-9,18-19,21,29-30H,10-11H2,(H,26,27,28). The maximum Gasteiger partial charge on any atom is 0.296 e. The first-order valence-corrected chi connectivity index (χ1v) is 10.8. The highest BCUT2D eigenvalue weighted by molar-refractivity contribution is 6.33. The van der Waals surface area contributed by atoms with Crippen LogP contribution in [0.2, 0.25) is 10.0 Å². The fourth-order valence-electron chi connectivity index (χ4n) is 3.71. The van der Waals surface area contributed by atoms with Crippen molar-refractivity contribution < 1.29 is 19.7 Å². The van der Waals surface area contributed by atoms with Crippen LogP contribution in [0.3, 0.4) is 0 Å². The highest BCUT2D eigenvalue weighted by Gasteiger charge is 2.37. The summed E-state index contributed by atoms with van der Waals surface area (Å²) in [5.41, 5.74) is 4.54. The molecule has 1 aliphatic rings. The van der Waals surface area contributed by atoms with E-state index in [-0.39, 0.29) is 19.2 Å². The number of nitrogens with one attached hydrogen (secondary N) is 1. The molecular weight excluding hydrogens is 453 g/mol. The molecule has 2 aromatic heterocycles. The van der Waals surface area contributed by atoms with E-state index in [2.05, 4.69) is 15.0 Å². The van der Waals surface area contributed by atoms with Gasteiger partial charge in [-0.05, 0) is 29.3 Å². The molecule has 3 unspecified atom stereocenters. The van der Waals surface area contributed by atoms with Gasteiger partial charge in [-0.2, -0.15) is 4.98 Å². The Hall–Kier alpha value is -2.68. The number of aliphatic hydroxyl groups excluding tert-OH is 2. The number of aromatic amines is 1. The Morgan fingerprint density at radius 3 is 2.53 bits per heavy atom. The van der Waals surface area contributed by atoms with Gasteiger partial charge in [0.2, 0.25) is 0 Å². The van der Waals surface area contributed by atoms with Gasteiger partial charge >= 0.3 is 0 Å². The number of hydrogen-bond acceptors (Lipinski definition) is 6. The van der Waals surface area contributed by atoms with E-state index in [1.165, 1.54) is 0 Å². The third-order valence-corrected chi connectivity index (χ3v) is 5.92. The molecular formula is C23H19Cl2N3O4. The van der Waals surface area contributed by atoms with Crippen LogP contribution in [0.4, 0.5) is 0 Å². The molecule has 0 radical (unpaired) electrons. The maximum atomic E-state index is 10.1. The van der Waals surface area contributed by atoms with Crippen LogP contribution >= 0.6 is 23.2 Å². The van der Waals surface area contributed by atoms with Gasteiger partial charge in [0, 0.05) is 10.6 Å². The number of pyridine rings is 1. The first kappa shape index (κ1) is 21.2. The number of halogens is 2. The van der Waals surface area contributed by atoms with Crippen LogP contribution < -0.4 is 4.74 Å². The van der Waals surface area contributed by atoms with E-state index in [1.807, 2.05) is 48.5 Å². The summed E-state index contributed by atoms with van der Waals surface area (Å²) in [6.45, 7) is -0.125. The van der Waals surface area contributed by atoms with Crippen molar-refractivity contribution in [1.82, 2.24) is 15.0 Å². The van der Waals surface area contributed by atoms with Gasteiger partial charge in [-0.15, -0.1) is 0 Å². The van der Waals surface area contributed by atoms with E-state index in [0.717, 1.165) is 16.7 Å². The number of ether oxygens (including phenoxy) is 2. The fourth-order valence-corrected chi connectivity index (χ4v) is 4.16. The van der Waals surface area contributed by atoms with Gasteiger partial charge in [0.05, 0.1) is 29.4 Å². The van der Waals surface area contributed by atoms with Gasteiger partial charge < -0.3 is 24.7 Å². The predicted molar refractivity (Wildman–Crippen MR) is 122 cm³/mol. The van der Waals surface area contributed by atoms with E-state index in [9.17, 15) is 10.2 Å². The second kappa shape index (κ2) is 8.69. The zero-order valence-corrected chi connectivity index (χ0v) is 18.2. The number of rotatable bonds is 5. The van der Waals surface area contributed by atoms with Gasteiger partial charge in [-0.1, -0.05) is 59.6 Å². The van der Waals surface area contributed by atoms with Crippen molar-refractivity contribution in [2.75, 3.05) is 13.2 Å².